The van der Waals surface area contributed by atoms with Crippen molar-refractivity contribution in [3.8, 4) is 0 Å². The number of hydrogen-bond acceptors (Lipinski definition) is 3. The van der Waals surface area contributed by atoms with Crippen LogP contribution in [0.3, 0.4) is 0 Å². The summed E-state index contributed by atoms with van der Waals surface area (Å²) in [5.41, 5.74) is 0. The molecule has 5 heteroatoms. The number of nitrogens with one attached hydrogen (secondary N) is 1. The lowest BCUT2D eigenvalue weighted by Gasteiger charge is -2.23. The first-order valence-electron chi connectivity index (χ1n) is 6.83. The number of likely N-dealkylation sites (N-methyl/N-ethyl adjacent to an activating group) is 2. The standard InChI is InChI=1S/C13H25N3O2/c1-4-16(5-2)13(18)10-15(3)12(17)8-9-14-11-6-7-11/h11,14H,4-10H2,1-3H3. The second-order valence-electron chi connectivity index (χ2n) is 4.79. The molecule has 0 aliphatic heterocycles. The van der Waals surface area contributed by atoms with E-state index in [-0.39, 0.29) is 18.4 Å². The van der Waals surface area contributed by atoms with Crippen LogP contribution in [-0.2, 0) is 9.59 Å². The molecule has 1 rings (SSSR count). The highest BCUT2D eigenvalue weighted by molar-refractivity contribution is 5.84. The van der Waals surface area contributed by atoms with Crippen molar-refractivity contribution in [1.82, 2.24) is 15.1 Å². The van der Waals surface area contributed by atoms with Crippen molar-refractivity contribution in [2.75, 3.05) is 33.2 Å². The molecular formula is C13H25N3O2. The van der Waals surface area contributed by atoms with Crippen LogP contribution in [0.4, 0.5) is 0 Å². The molecule has 1 aliphatic carbocycles. The Balaban J connectivity index is 2.22. The quantitative estimate of drug-likeness (QED) is 0.685. The lowest BCUT2D eigenvalue weighted by atomic mass is 10.3. The van der Waals surface area contributed by atoms with Gasteiger partial charge in [-0.05, 0) is 26.7 Å². The average Bonchev–Trinajstić information content (AvgIpc) is 3.14. The minimum atomic E-state index is 0.0194. The van der Waals surface area contributed by atoms with Crippen LogP contribution in [-0.4, -0.2) is 60.9 Å². The van der Waals surface area contributed by atoms with Crippen LogP contribution in [0.25, 0.3) is 0 Å². The molecule has 0 saturated heterocycles. The fourth-order valence-corrected chi connectivity index (χ4v) is 1.83. The minimum Gasteiger partial charge on any atom is -0.342 e. The molecule has 0 unspecified atom stereocenters. The van der Waals surface area contributed by atoms with Gasteiger partial charge in [-0.1, -0.05) is 0 Å². The third-order valence-corrected chi connectivity index (χ3v) is 3.26. The summed E-state index contributed by atoms with van der Waals surface area (Å²) in [4.78, 5) is 26.9. The summed E-state index contributed by atoms with van der Waals surface area (Å²) in [5, 5.41) is 3.30. The monoisotopic (exact) mass is 255 g/mol. The maximum absolute atomic E-state index is 11.8. The third kappa shape index (κ3) is 5.04. The van der Waals surface area contributed by atoms with Gasteiger partial charge < -0.3 is 15.1 Å². The summed E-state index contributed by atoms with van der Waals surface area (Å²) < 4.78 is 0. The van der Waals surface area contributed by atoms with Crippen molar-refractivity contribution in [3.05, 3.63) is 0 Å². The lowest BCUT2D eigenvalue weighted by Crippen LogP contribution is -2.41. The Kier molecular flexibility index (Phi) is 6.12. The average molecular weight is 255 g/mol. The summed E-state index contributed by atoms with van der Waals surface area (Å²) in [6.45, 7) is 6.18. The largest absolute Gasteiger partial charge is 0.342 e. The number of carbonyl (C=O) groups is 2. The summed E-state index contributed by atoms with van der Waals surface area (Å²) >= 11 is 0. The van der Waals surface area contributed by atoms with E-state index in [0.29, 0.717) is 32.1 Å². The van der Waals surface area contributed by atoms with E-state index in [9.17, 15) is 9.59 Å². The first-order valence-corrected chi connectivity index (χ1v) is 6.83. The first kappa shape index (κ1) is 15.0. The topological polar surface area (TPSA) is 52.7 Å². The maximum Gasteiger partial charge on any atom is 0.242 e. The fourth-order valence-electron chi connectivity index (χ4n) is 1.83. The number of carbonyl (C=O) groups excluding carboxylic acids is 2. The zero-order valence-corrected chi connectivity index (χ0v) is 11.7. The van der Waals surface area contributed by atoms with Gasteiger partial charge in [-0.25, -0.2) is 0 Å². The Labute approximate surface area is 110 Å². The highest BCUT2D eigenvalue weighted by Gasteiger charge is 2.21. The molecule has 1 saturated carbocycles. The Bertz CT molecular complexity index is 286. The van der Waals surface area contributed by atoms with Gasteiger partial charge in [0.25, 0.3) is 0 Å². The SMILES string of the molecule is CCN(CC)C(=O)CN(C)C(=O)CCNC1CC1. The fraction of sp³-hybridized carbons (Fsp3) is 0.846. The molecule has 0 heterocycles. The van der Waals surface area contributed by atoms with Crippen LogP contribution >= 0.6 is 0 Å². The molecule has 0 aromatic heterocycles. The highest BCUT2D eigenvalue weighted by Crippen LogP contribution is 2.18. The molecule has 2 amide bonds. The normalized spacial score (nSPS) is 14.4. The van der Waals surface area contributed by atoms with E-state index in [2.05, 4.69) is 5.32 Å². The molecule has 104 valence electrons. The van der Waals surface area contributed by atoms with Crippen molar-refractivity contribution in [2.24, 2.45) is 0 Å². The lowest BCUT2D eigenvalue weighted by molar-refractivity contribution is -0.139. The van der Waals surface area contributed by atoms with E-state index in [1.54, 1.807) is 11.9 Å². The second-order valence-corrected chi connectivity index (χ2v) is 4.79. The number of hydrogen-bond donors (Lipinski definition) is 1. The van der Waals surface area contributed by atoms with Gasteiger partial charge in [-0.2, -0.15) is 0 Å². The second kappa shape index (κ2) is 7.36. The van der Waals surface area contributed by atoms with Crippen molar-refractivity contribution >= 4 is 11.8 Å². The molecule has 1 aliphatic rings. The predicted octanol–water partition coefficient (Wildman–Crippen LogP) is 0.455. The molecule has 0 atom stereocenters. The van der Waals surface area contributed by atoms with Gasteiger partial charge in [0.2, 0.25) is 11.8 Å². The Morgan fingerprint density at radius 1 is 1.17 bits per heavy atom. The van der Waals surface area contributed by atoms with Gasteiger partial charge in [0.05, 0.1) is 6.54 Å². The first-order chi connectivity index (χ1) is 8.58. The van der Waals surface area contributed by atoms with Gasteiger partial charge in [0.15, 0.2) is 0 Å². The molecule has 18 heavy (non-hydrogen) atoms. The maximum atomic E-state index is 11.8. The molecule has 1 N–H and O–H groups in total. The van der Waals surface area contributed by atoms with Crippen LogP contribution in [0.2, 0.25) is 0 Å². The zero-order valence-electron chi connectivity index (χ0n) is 11.7. The van der Waals surface area contributed by atoms with Gasteiger partial charge in [0, 0.05) is 39.1 Å². The van der Waals surface area contributed by atoms with E-state index in [0.717, 1.165) is 0 Å². The molecule has 0 bridgehead atoms. The smallest absolute Gasteiger partial charge is 0.242 e. The molecule has 1 fully saturated rings. The van der Waals surface area contributed by atoms with E-state index < -0.39 is 0 Å². The number of amides is 2. The van der Waals surface area contributed by atoms with Crippen molar-refractivity contribution < 1.29 is 9.59 Å². The van der Waals surface area contributed by atoms with Crippen LogP contribution < -0.4 is 5.32 Å². The van der Waals surface area contributed by atoms with E-state index >= 15 is 0 Å². The molecule has 0 aromatic carbocycles. The van der Waals surface area contributed by atoms with Crippen molar-refractivity contribution in [2.45, 2.75) is 39.2 Å². The van der Waals surface area contributed by atoms with E-state index in [1.807, 2.05) is 13.8 Å². The zero-order chi connectivity index (χ0) is 13.5. The predicted molar refractivity (Wildman–Crippen MR) is 71.2 cm³/mol. The Hall–Kier alpha value is -1.10. The third-order valence-electron chi connectivity index (χ3n) is 3.26. The van der Waals surface area contributed by atoms with Crippen LogP contribution in [0.1, 0.15) is 33.1 Å². The van der Waals surface area contributed by atoms with Crippen molar-refractivity contribution in [1.29, 1.82) is 0 Å². The van der Waals surface area contributed by atoms with Crippen LogP contribution in [0.5, 0.6) is 0 Å². The van der Waals surface area contributed by atoms with Gasteiger partial charge in [-0.15, -0.1) is 0 Å². The van der Waals surface area contributed by atoms with Crippen LogP contribution in [0, 0.1) is 0 Å². The number of nitrogens with zero attached hydrogens (tertiary/aromatic N) is 2. The summed E-state index contributed by atoms with van der Waals surface area (Å²) in [7, 11) is 1.70. The van der Waals surface area contributed by atoms with E-state index in [1.165, 1.54) is 17.7 Å². The molecule has 0 aromatic rings. The molecule has 5 nitrogen and oxygen atoms in total. The van der Waals surface area contributed by atoms with Crippen molar-refractivity contribution in [3.63, 3.8) is 0 Å². The molecule has 0 radical (unpaired) electrons. The Morgan fingerprint density at radius 2 is 1.78 bits per heavy atom. The van der Waals surface area contributed by atoms with Gasteiger partial charge in [-0.3, -0.25) is 9.59 Å². The van der Waals surface area contributed by atoms with Gasteiger partial charge >= 0.3 is 0 Å². The highest BCUT2D eigenvalue weighted by atomic mass is 16.2. The summed E-state index contributed by atoms with van der Waals surface area (Å²) in [6, 6.07) is 0.625. The minimum absolute atomic E-state index is 0.0194. The summed E-state index contributed by atoms with van der Waals surface area (Å²) in [6.07, 6.45) is 2.92. The van der Waals surface area contributed by atoms with E-state index in [4.69, 9.17) is 0 Å². The molecule has 0 spiro atoms. The molecular weight excluding hydrogens is 230 g/mol. The Morgan fingerprint density at radius 3 is 2.28 bits per heavy atom. The van der Waals surface area contributed by atoms with Gasteiger partial charge in [0.1, 0.15) is 0 Å². The summed E-state index contributed by atoms with van der Waals surface area (Å²) in [5.74, 6) is 0.0506. The number of rotatable bonds is 8. The van der Waals surface area contributed by atoms with Crippen LogP contribution in [0.15, 0.2) is 0 Å².